The Morgan fingerprint density at radius 1 is 0.836 bits per heavy atom. The van der Waals surface area contributed by atoms with Crippen molar-refractivity contribution in [1.29, 1.82) is 0 Å². The summed E-state index contributed by atoms with van der Waals surface area (Å²) < 4.78 is 14.6. The summed E-state index contributed by atoms with van der Waals surface area (Å²) in [6.07, 6.45) is 3.20. The number of carbonyl (C=O) groups excluding carboxylic acids is 3. The summed E-state index contributed by atoms with van der Waals surface area (Å²) in [6, 6.07) is 30.8. The molecule has 0 N–H and O–H groups in total. The predicted octanol–water partition coefficient (Wildman–Crippen LogP) is 6.91. The minimum atomic E-state index is -3.12. The molecule has 1 fully saturated rings. The molecule has 0 aliphatic carbocycles. The second-order valence-corrected chi connectivity index (χ2v) is 31.7. The Morgan fingerprint density at radius 3 is 1.85 bits per heavy atom. The highest BCUT2D eigenvalue weighted by atomic mass is 32.2. The van der Waals surface area contributed by atoms with Gasteiger partial charge in [0.25, 0.3) is 0 Å². The first-order valence-corrected chi connectivity index (χ1v) is 28.3. The van der Waals surface area contributed by atoms with Crippen LogP contribution in [0.2, 0.25) is 43.8 Å². The Morgan fingerprint density at radius 2 is 1.38 bits per heavy atom. The van der Waals surface area contributed by atoms with Crippen molar-refractivity contribution >= 4 is 73.4 Å². The van der Waals surface area contributed by atoms with Crippen LogP contribution < -0.4 is 15.9 Å². The van der Waals surface area contributed by atoms with Gasteiger partial charge in [-0.3, -0.25) is 14.5 Å². The number of amides is 1. The lowest BCUT2D eigenvalue weighted by Crippen LogP contribution is -2.66. The molecule has 1 amide bonds. The van der Waals surface area contributed by atoms with Crippen LogP contribution in [0.15, 0.2) is 97.3 Å². The second-order valence-electron chi connectivity index (χ2n) is 16.7. The smallest absolute Gasteiger partial charge is 0.356 e. The van der Waals surface area contributed by atoms with Crippen molar-refractivity contribution < 1.29 is 23.5 Å². The highest BCUT2D eigenvalue weighted by molar-refractivity contribution is 8.14. The summed E-state index contributed by atoms with van der Waals surface area (Å²) in [5.41, 5.74) is 0.296. The molecule has 0 spiro atoms. The molecular weight excluding hydrogens is 762 g/mol. The number of aromatic nitrogens is 4. The maximum Gasteiger partial charge on any atom is 0.356 e. The van der Waals surface area contributed by atoms with Gasteiger partial charge in [-0.2, -0.15) is 0 Å². The molecule has 294 valence electrons. The van der Waals surface area contributed by atoms with Crippen LogP contribution in [-0.2, 0) is 30.1 Å². The molecule has 1 saturated heterocycles. The van der Waals surface area contributed by atoms with Crippen molar-refractivity contribution in [3.8, 4) is 0 Å². The van der Waals surface area contributed by atoms with Crippen molar-refractivity contribution in [1.82, 2.24) is 25.1 Å². The zero-order valence-corrected chi connectivity index (χ0v) is 37.2. The molecule has 0 bridgehead atoms. The first kappa shape index (κ1) is 42.5. The van der Waals surface area contributed by atoms with E-state index in [0.717, 1.165) is 33.7 Å². The maximum absolute atomic E-state index is 15.1. The number of aryl methyl sites for hydroxylation is 1. The largest absolute Gasteiger partial charge is 0.461 e. The lowest BCUT2D eigenvalue weighted by molar-refractivity contribution is -0.148. The lowest BCUT2D eigenvalue weighted by Gasteiger charge is -2.50. The van der Waals surface area contributed by atoms with Gasteiger partial charge in [-0.15, -0.1) is 5.10 Å². The number of hydrogen-bond acceptors (Lipinski definition) is 9. The molecule has 1 aromatic heterocycles. The third-order valence-corrected chi connectivity index (χ3v) is 22.2. The molecule has 5 rings (SSSR count). The first-order chi connectivity index (χ1) is 26.1. The summed E-state index contributed by atoms with van der Waals surface area (Å²) in [4.78, 5) is 45.6. The number of hydrogen-bond donors (Lipinski definition) is 0. The van der Waals surface area contributed by atoms with Crippen LogP contribution in [0.5, 0.6) is 0 Å². The van der Waals surface area contributed by atoms with Crippen LogP contribution in [0.1, 0.15) is 40.0 Å². The van der Waals surface area contributed by atoms with Crippen LogP contribution in [0.3, 0.4) is 0 Å². The Labute approximate surface area is 332 Å². The molecular formula is C41H56N5O5PSSi2. The van der Waals surface area contributed by atoms with Crippen molar-refractivity contribution in [3.05, 3.63) is 97.3 Å². The summed E-state index contributed by atoms with van der Waals surface area (Å²) in [5, 5.41) is 13.3. The number of carbonyl (C=O) groups is 3. The predicted molar refractivity (Wildman–Crippen MR) is 231 cm³/mol. The highest BCUT2D eigenvalue weighted by Crippen LogP contribution is 2.51. The van der Waals surface area contributed by atoms with Crippen LogP contribution in [-0.4, -0.2) is 82.5 Å². The van der Waals surface area contributed by atoms with Gasteiger partial charge in [0.15, 0.2) is 13.4 Å². The van der Waals surface area contributed by atoms with Gasteiger partial charge >= 0.3 is 5.97 Å². The average molecular weight is 818 g/mol. The number of nitrogens with zero attached hydrogens (tertiary/aromatic N) is 5. The van der Waals surface area contributed by atoms with Crippen LogP contribution in [0.4, 0.5) is 0 Å². The van der Waals surface area contributed by atoms with E-state index in [1.807, 2.05) is 91.0 Å². The Bertz CT molecular complexity index is 1850. The van der Waals surface area contributed by atoms with Gasteiger partial charge in [0.05, 0.1) is 12.5 Å². The highest BCUT2D eigenvalue weighted by Gasteiger charge is 2.55. The van der Waals surface area contributed by atoms with Gasteiger partial charge in [-0.05, 0) is 63.4 Å². The van der Waals surface area contributed by atoms with Crippen molar-refractivity contribution in [3.63, 3.8) is 0 Å². The standard InChI is InChI=1S/C41H56N5O5PSSi2/c1-41(2,3)55(7,8)51-30-35-37(48)46(39(35)53-36(47)26-18-19-27-45-31-42-43-44-45)38(40(49)50-28-29-54(4,5)6)52(32-20-12-9-13-21-32,33-22-14-10-15-23-33)34-24-16-11-17-25-34/h9-17,20-25,31,35,39H,18-19,26-30H2,1-8H3/t35-,39+/m0/s1. The third-order valence-electron chi connectivity index (χ3n) is 10.5. The number of thioether (sulfide) groups is 1. The molecule has 10 nitrogen and oxygen atoms in total. The molecule has 1 aliphatic heterocycles. The van der Waals surface area contributed by atoms with Crippen LogP contribution in [0, 0.1) is 5.92 Å². The van der Waals surface area contributed by atoms with Gasteiger partial charge in [-0.25, -0.2) is 9.48 Å². The number of benzene rings is 3. The van der Waals surface area contributed by atoms with Crippen molar-refractivity contribution in [2.24, 2.45) is 5.92 Å². The first-order valence-electron chi connectivity index (χ1n) is 19.0. The zero-order chi connectivity index (χ0) is 39.9. The third kappa shape index (κ3) is 10.0. The summed E-state index contributed by atoms with van der Waals surface area (Å²) >= 11 is 1.14. The number of likely N-dealkylation sites (tertiary alicyclic amines) is 1. The molecule has 1 aliphatic rings. The SMILES string of the molecule is CC(C)(C)[Si](C)(C)OC[C@H]1C(=O)N(C(C(=O)OCC[Si](C)(C)C)=P(c2ccccc2)(c2ccccc2)c2ccccc2)[C@@H]1SC(=O)CCCCn1cnnn1. The molecule has 55 heavy (non-hydrogen) atoms. The van der Waals surface area contributed by atoms with E-state index in [9.17, 15) is 9.59 Å². The van der Waals surface area contributed by atoms with E-state index in [0.29, 0.717) is 31.2 Å². The van der Waals surface area contributed by atoms with E-state index in [2.05, 4.69) is 69.0 Å². The van der Waals surface area contributed by atoms with E-state index >= 15 is 4.79 Å². The number of rotatable bonds is 17. The van der Waals surface area contributed by atoms with Gasteiger partial charge in [-0.1, -0.05) is 143 Å². The molecule has 0 radical (unpaired) electrons. The van der Waals surface area contributed by atoms with Gasteiger partial charge < -0.3 is 9.16 Å². The molecule has 2 atom stereocenters. The maximum atomic E-state index is 15.1. The second kappa shape index (κ2) is 18.1. The number of tetrazole rings is 1. The fourth-order valence-corrected chi connectivity index (χ4v) is 13.6. The Hall–Kier alpha value is -3.62. The van der Waals surface area contributed by atoms with E-state index in [1.165, 1.54) is 0 Å². The lowest BCUT2D eigenvalue weighted by atomic mass is 9.99. The summed E-state index contributed by atoms with van der Waals surface area (Å²) in [6.45, 7) is 15.4. The Balaban J connectivity index is 1.69. The topological polar surface area (TPSA) is 117 Å². The van der Waals surface area contributed by atoms with E-state index in [-0.39, 0.29) is 29.3 Å². The average Bonchev–Trinajstić information content (AvgIpc) is 3.67. The van der Waals surface area contributed by atoms with Crippen LogP contribution >= 0.6 is 18.6 Å². The number of esters is 1. The minimum absolute atomic E-state index is 0.0499. The van der Waals surface area contributed by atoms with Crippen LogP contribution in [0.25, 0.3) is 0 Å². The minimum Gasteiger partial charge on any atom is -0.461 e. The Kier molecular flexibility index (Phi) is 14.0. The molecule has 0 unspecified atom stereocenters. The fraction of sp³-hybridized carbons (Fsp3) is 0.439. The zero-order valence-electron chi connectivity index (χ0n) is 33.5. The summed E-state index contributed by atoms with van der Waals surface area (Å²) in [5.74, 6) is -1.38. The molecule has 3 aromatic carbocycles. The molecule has 0 saturated carbocycles. The van der Waals surface area contributed by atoms with E-state index in [4.69, 9.17) is 9.16 Å². The van der Waals surface area contributed by atoms with Gasteiger partial charge in [0, 0.05) is 34.5 Å². The van der Waals surface area contributed by atoms with Crippen molar-refractivity contribution in [2.75, 3.05) is 13.2 Å². The van der Waals surface area contributed by atoms with Crippen molar-refractivity contribution in [2.45, 2.75) is 95.8 Å². The summed E-state index contributed by atoms with van der Waals surface area (Å²) in [7, 11) is -3.86. The molecule has 4 aromatic rings. The number of β-lactam (4-membered cyclic amide) rings is 1. The van der Waals surface area contributed by atoms with E-state index in [1.54, 1.807) is 15.9 Å². The number of ether oxygens (including phenoxy) is 1. The van der Waals surface area contributed by atoms with Gasteiger partial charge in [0.2, 0.25) is 5.91 Å². The number of unbranched alkanes of at least 4 members (excludes halogenated alkanes) is 1. The molecule has 14 heteroatoms. The van der Waals surface area contributed by atoms with Gasteiger partial charge in [0.1, 0.15) is 17.1 Å². The fourth-order valence-electron chi connectivity index (χ4n) is 6.25. The quantitative estimate of drug-likeness (QED) is 0.0369. The monoisotopic (exact) mass is 817 g/mol. The normalized spacial score (nSPS) is 16.4. The molecule has 2 heterocycles. The van der Waals surface area contributed by atoms with E-state index < -0.39 is 40.5 Å².